The Morgan fingerprint density at radius 1 is 1.17 bits per heavy atom. The summed E-state index contributed by atoms with van der Waals surface area (Å²) in [6.07, 6.45) is 0.256. The molecule has 0 N–H and O–H groups in total. The molecule has 0 heterocycles. The van der Waals surface area contributed by atoms with Gasteiger partial charge in [-0.1, -0.05) is 39.8 Å². The van der Waals surface area contributed by atoms with Crippen LogP contribution in [0.2, 0.25) is 0 Å². The summed E-state index contributed by atoms with van der Waals surface area (Å²) in [5, 5.41) is 0. The number of aryl methyl sites for hydroxylation is 1. The number of benzene rings is 1. The van der Waals surface area contributed by atoms with Crippen LogP contribution in [-0.2, 0) is 0 Å². The molecule has 2 heteroatoms. The van der Waals surface area contributed by atoms with Crippen molar-refractivity contribution >= 4 is 0 Å². The standard InChI is InChI=1S/C16H27NO/c1-6-17(7-2)12-16(13(3)4)18-15-10-8-9-14(5)11-15/h8-11,13,16H,6-7,12H2,1-5H3. The molecule has 0 radical (unpaired) electrons. The molecule has 2 nitrogen and oxygen atoms in total. The Bertz CT molecular complexity index is 345. The summed E-state index contributed by atoms with van der Waals surface area (Å²) in [6, 6.07) is 8.31. The van der Waals surface area contributed by atoms with Gasteiger partial charge in [-0.15, -0.1) is 0 Å². The highest BCUT2D eigenvalue weighted by atomic mass is 16.5. The van der Waals surface area contributed by atoms with Gasteiger partial charge in [-0.3, -0.25) is 0 Å². The lowest BCUT2D eigenvalue weighted by Gasteiger charge is -2.28. The predicted octanol–water partition coefficient (Wildman–Crippen LogP) is 3.74. The zero-order valence-electron chi connectivity index (χ0n) is 12.4. The van der Waals surface area contributed by atoms with Crippen molar-refractivity contribution in [2.24, 2.45) is 5.92 Å². The quantitative estimate of drug-likeness (QED) is 0.730. The molecule has 1 aromatic carbocycles. The molecule has 0 aliphatic rings. The highest BCUT2D eigenvalue weighted by Crippen LogP contribution is 2.18. The summed E-state index contributed by atoms with van der Waals surface area (Å²) in [5.41, 5.74) is 1.25. The molecule has 1 atom stereocenters. The molecule has 0 aliphatic heterocycles. The van der Waals surface area contributed by atoms with E-state index in [-0.39, 0.29) is 6.10 Å². The van der Waals surface area contributed by atoms with Gasteiger partial charge in [0.25, 0.3) is 0 Å². The first-order chi connectivity index (χ1) is 8.56. The molecular formula is C16H27NO. The van der Waals surface area contributed by atoms with Crippen LogP contribution in [0.3, 0.4) is 0 Å². The maximum Gasteiger partial charge on any atom is 0.120 e. The molecule has 0 saturated carbocycles. The Balaban J connectivity index is 2.68. The molecule has 1 rings (SSSR count). The minimum atomic E-state index is 0.256. The molecule has 0 bridgehead atoms. The fourth-order valence-corrected chi connectivity index (χ4v) is 1.98. The van der Waals surface area contributed by atoms with E-state index in [9.17, 15) is 0 Å². The molecule has 102 valence electrons. The number of nitrogens with zero attached hydrogens (tertiary/aromatic N) is 1. The molecule has 18 heavy (non-hydrogen) atoms. The lowest BCUT2D eigenvalue weighted by atomic mass is 10.1. The highest BCUT2D eigenvalue weighted by molar-refractivity contribution is 5.27. The number of rotatable bonds is 7. The van der Waals surface area contributed by atoms with E-state index in [1.165, 1.54) is 5.56 Å². The topological polar surface area (TPSA) is 12.5 Å². The third-order valence-electron chi connectivity index (χ3n) is 3.35. The first-order valence-electron chi connectivity index (χ1n) is 7.02. The van der Waals surface area contributed by atoms with Crippen LogP contribution in [0.1, 0.15) is 33.3 Å². The van der Waals surface area contributed by atoms with Crippen LogP contribution < -0.4 is 4.74 Å². The zero-order chi connectivity index (χ0) is 13.5. The van der Waals surface area contributed by atoms with E-state index in [0.717, 1.165) is 25.4 Å². The molecule has 0 amide bonds. The van der Waals surface area contributed by atoms with Gasteiger partial charge in [-0.25, -0.2) is 0 Å². The summed E-state index contributed by atoms with van der Waals surface area (Å²) in [4.78, 5) is 2.42. The van der Waals surface area contributed by atoms with Gasteiger partial charge in [-0.05, 0) is 43.6 Å². The Morgan fingerprint density at radius 3 is 2.33 bits per heavy atom. The van der Waals surface area contributed by atoms with Gasteiger partial charge in [0.2, 0.25) is 0 Å². The van der Waals surface area contributed by atoms with Crippen molar-refractivity contribution in [3.05, 3.63) is 29.8 Å². The van der Waals surface area contributed by atoms with Crippen molar-refractivity contribution in [2.75, 3.05) is 19.6 Å². The van der Waals surface area contributed by atoms with Crippen LogP contribution in [0.25, 0.3) is 0 Å². The molecule has 0 fully saturated rings. The Labute approximate surface area is 112 Å². The van der Waals surface area contributed by atoms with Gasteiger partial charge in [0.1, 0.15) is 11.9 Å². The van der Waals surface area contributed by atoms with Crippen LogP contribution in [0.4, 0.5) is 0 Å². The average Bonchev–Trinajstić information content (AvgIpc) is 2.34. The van der Waals surface area contributed by atoms with Crippen LogP contribution in [0.15, 0.2) is 24.3 Å². The van der Waals surface area contributed by atoms with Gasteiger partial charge in [0.15, 0.2) is 0 Å². The summed E-state index contributed by atoms with van der Waals surface area (Å²) in [6.45, 7) is 14.1. The number of hydrogen-bond donors (Lipinski definition) is 0. The summed E-state index contributed by atoms with van der Waals surface area (Å²) < 4.78 is 6.15. The molecule has 1 aromatic rings. The minimum absolute atomic E-state index is 0.256. The third kappa shape index (κ3) is 4.69. The average molecular weight is 249 g/mol. The van der Waals surface area contributed by atoms with Crippen molar-refractivity contribution in [3.63, 3.8) is 0 Å². The number of likely N-dealkylation sites (N-methyl/N-ethyl adjacent to an activating group) is 1. The summed E-state index contributed by atoms with van der Waals surface area (Å²) in [5.74, 6) is 1.51. The van der Waals surface area contributed by atoms with Crippen LogP contribution in [-0.4, -0.2) is 30.6 Å². The maximum atomic E-state index is 6.15. The van der Waals surface area contributed by atoms with Crippen molar-refractivity contribution in [1.29, 1.82) is 0 Å². The number of hydrogen-bond acceptors (Lipinski definition) is 2. The SMILES string of the molecule is CCN(CC)CC(Oc1cccc(C)c1)C(C)C. The summed E-state index contributed by atoms with van der Waals surface area (Å²) >= 11 is 0. The maximum absolute atomic E-state index is 6.15. The summed E-state index contributed by atoms with van der Waals surface area (Å²) in [7, 11) is 0. The van der Waals surface area contributed by atoms with E-state index in [1.54, 1.807) is 0 Å². The van der Waals surface area contributed by atoms with Crippen LogP contribution in [0.5, 0.6) is 5.75 Å². The fourth-order valence-electron chi connectivity index (χ4n) is 1.98. The zero-order valence-corrected chi connectivity index (χ0v) is 12.4. The van der Waals surface area contributed by atoms with E-state index in [1.807, 2.05) is 6.07 Å². The van der Waals surface area contributed by atoms with Crippen molar-refractivity contribution in [2.45, 2.75) is 40.7 Å². The Morgan fingerprint density at radius 2 is 1.83 bits per heavy atom. The van der Waals surface area contributed by atoms with Crippen LogP contribution in [0, 0.1) is 12.8 Å². The molecule has 0 spiro atoms. The largest absolute Gasteiger partial charge is 0.489 e. The second kappa shape index (κ2) is 7.42. The lowest BCUT2D eigenvalue weighted by molar-refractivity contribution is 0.101. The van der Waals surface area contributed by atoms with E-state index in [4.69, 9.17) is 4.74 Å². The normalized spacial score (nSPS) is 13.1. The smallest absolute Gasteiger partial charge is 0.120 e. The molecule has 0 aliphatic carbocycles. The first-order valence-corrected chi connectivity index (χ1v) is 7.02. The Kier molecular flexibility index (Phi) is 6.20. The van der Waals surface area contributed by atoms with Crippen molar-refractivity contribution in [1.82, 2.24) is 4.90 Å². The van der Waals surface area contributed by atoms with Crippen molar-refractivity contribution in [3.8, 4) is 5.75 Å². The monoisotopic (exact) mass is 249 g/mol. The second-order valence-electron chi connectivity index (χ2n) is 5.20. The predicted molar refractivity (Wildman–Crippen MR) is 78.2 cm³/mol. The van der Waals surface area contributed by atoms with E-state index in [0.29, 0.717) is 5.92 Å². The molecular weight excluding hydrogens is 222 g/mol. The second-order valence-corrected chi connectivity index (χ2v) is 5.20. The van der Waals surface area contributed by atoms with Gasteiger partial charge in [-0.2, -0.15) is 0 Å². The van der Waals surface area contributed by atoms with Crippen molar-refractivity contribution < 1.29 is 4.74 Å². The fraction of sp³-hybridized carbons (Fsp3) is 0.625. The molecule has 0 aromatic heterocycles. The van der Waals surface area contributed by atoms with E-state index < -0.39 is 0 Å². The lowest BCUT2D eigenvalue weighted by Crippen LogP contribution is -2.38. The Hall–Kier alpha value is -1.02. The van der Waals surface area contributed by atoms with Crippen LogP contribution >= 0.6 is 0 Å². The van der Waals surface area contributed by atoms with Gasteiger partial charge in [0.05, 0.1) is 0 Å². The first kappa shape index (κ1) is 15.0. The van der Waals surface area contributed by atoms with E-state index in [2.05, 4.69) is 57.7 Å². The third-order valence-corrected chi connectivity index (χ3v) is 3.35. The van der Waals surface area contributed by atoms with Gasteiger partial charge >= 0.3 is 0 Å². The van der Waals surface area contributed by atoms with Gasteiger partial charge < -0.3 is 9.64 Å². The highest BCUT2D eigenvalue weighted by Gasteiger charge is 2.18. The molecule has 1 unspecified atom stereocenters. The van der Waals surface area contributed by atoms with E-state index >= 15 is 0 Å². The number of ether oxygens (including phenoxy) is 1. The molecule has 0 saturated heterocycles. The minimum Gasteiger partial charge on any atom is -0.489 e. The van der Waals surface area contributed by atoms with Gasteiger partial charge in [0, 0.05) is 6.54 Å².